The van der Waals surface area contributed by atoms with Gasteiger partial charge in [0.05, 0.1) is 18.6 Å². The van der Waals surface area contributed by atoms with Crippen LogP contribution in [0.5, 0.6) is 5.75 Å². The Bertz CT molecular complexity index is 1320. The minimum Gasteiger partial charge on any atom is -0.497 e. The highest BCUT2D eigenvalue weighted by Crippen LogP contribution is 2.37. The maximum absolute atomic E-state index is 13.5. The Morgan fingerprint density at radius 1 is 1.28 bits per heavy atom. The Morgan fingerprint density at radius 2 is 2.00 bits per heavy atom. The van der Waals surface area contributed by atoms with Crippen LogP contribution in [0.2, 0.25) is 0 Å². The van der Waals surface area contributed by atoms with Gasteiger partial charge in [-0.3, -0.25) is 19.1 Å². The molecule has 0 saturated carbocycles. The van der Waals surface area contributed by atoms with E-state index < -0.39 is 0 Å². The van der Waals surface area contributed by atoms with E-state index in [0.29, 0.717) is 33.8 Å². The number of amides is 1. The molecule has 1 aromatic heterocycles. The van der Waals surface area contributed by atoms with Crippen LogP contribution >= 0.6 is 24.0 Å². The summed E-state index contributed by atoms with van der Waals surface area (Å²) in [6.07, 6.45) is 3.99. The van der Waals surface area contributed by atoms with E-state index in [2.05, 4.69) is 17.9 Å². The molecule has 1 aromatic carbocycles. The summed E-state index contributed by atoms with van der Waals surface area (Å²) >= 11 is 6.82. The van der Waals surface area contributed by atoms with Crippen molar-refractivity contribution in [2.24, 2.45) is 5.92 Å². The van der Waals surface area contributed by atoms with Crippen LogP contribution in [0.15, 0.2) is 34.0 Å². The standard InChI is InChI=1S/C27H30N4O3S2/c1-5-30-24(29-12-6-7-17(2)15-29)21(18(3)22(14-28)25(30)32)13-23-26(33)31(27(35)36-23)16-19-8-10-20(34-4)11-9-19/h8-11,13,17H,5-7,12,15-16H2,1-4H3/b23-13-. The highest BCUT2D eigenvalue weighted by atomic mass is 32.2. The Balaban J connectivity index is 1.77. The SMILES string of the molecule is CCn1c(N2CCCC(C)C2)c(/C=C2\SC(=S)N(Cc3ccc(OC)cc3)C2=O)c(C)c(C#N)c1=O. The van der Waals surface area contributed by atoms with Gasteiger partial charge in [0.1, 0.15) is 27.5 Å². The Hall–Kier alpha value is -3.09. The van der Waals surface area contributed by atoms with Crippen LogP contribution in [0.4, 0.5) is 5.82 Å². The van der Waals surface area contributed by atoms with Gasteiger partial charge in [-0.25, -0.2) is 0 Å². The molecule has 1 amide bonds. The Labute approximate surface area is 221 Å². The molecule has 188 valence electrons. The molecule has 0 spiro atoms. The van der Waals surface area contributed by atoms with Crippen molar-refractivity contribution < 1.29 is 9.53 Å². The van der Waals surface area contributed by atoms with Crippen LogP contribution in [-0.2, 0) is 17.9 Å². The van der Waals surface area contributed by atoms with Crippen molar-refractivity contribution in [2.45, 2.75) is 46.7 Å². The van der Waals surface area contributed by atoms with E-state index in [-0.39, 0.29) is 17.0 Å². The van der Waals surface area contributed by atoms with Crippen LogP contribution in [0.25, 0.3) is 6.08 Å². The van der Waals surface area contributed by atoms with Crippen LogP contribution < -0.4 is 15.2 Å². The van der Waals surface area contributed by atoms with Gasteiger partial charge < -0.3 is 9.64 Å². The van der Waals surface area contributed by atoms with Gasteiger partial charge in [0.15, 0.2) is 0 Å². The number of methoxy groups -OCH3 is 1. The molecule has 2 fully saturated rings. The lowest BCUT2D eigenvalue weighted by atomic mass is 9.98. The first-order chi connectivity index (χ1) is 17.3. The topological polar surface area (TPSA) is 78.6 Å². The molecule has 1 atom stereocenters. The van der Waals surface area contributed by atoms with Crippen LogP contribution in [0.3, 0.4) is 0 Å². The van der Waals surface area contributed by atoms with E-state index in [1.165, 1.54) is 11.8 Å². The van der Waals surface area contributed by atoms with E-state index in [0.717, 1.165) is 48.6 Å². The molecule has 4 rings (SSSR count). The largest absolute Gasteiger partial charge is 0.497 e. The number of hydrogen-bond donors (Lipinski definition) is 0. The zero-order valence-corrected chi connectivity index (χ0v) is 22.7. The quantitative estimate of drug-likeness (QED) is 0.402. The maximum atomic E-state index is 13.5. The number of pyridine rings is 1. The third-order valence-corrected chi connectivity index (χ3v) is 8.15. The van der Waals surface area contributed by atoms with Crippen molar-refractivity contribution >= 4 is 46.1 Å². The monoisotopic (exact) mass is 522 g/mol. The normalized spacial score (nSPS) is 19.2. The highest BCUT2D eigenvalue weighted by Gasteiger charge is 2.33. The Morgan fingerprint density at radius 3 is 2.61 bits per heavy atom. The van der Waals surface area contributed by atoms with Crippen molar-refractivity contribution in [3.8, 4) is 11.8 Å². The van der Waals surface area contributed by atoms with Crippen molar-refractivity contribution in [1.29, 1.82) is 5.26 Å². The number of thiocarbonyl (C=S) groups is 1. The number of anilines is 1. The molecule has 3 heterocycles. The van der Waals surface area contributed by atoms with Crippen molar-refractivity contribution in [3.63, 3.8) is 0 Å². The van der Waals surface area contributed by atoms with Gasteiger partial charge in [0.25, 0.3) is 11.5 Å². The molecule has 9 heteroatoms. The van der Waals surface area contributed by atoms with E-state index in [1.54, 1.807) is 23.5 Å². The number of aromatic nitrogens is 1. The molecule has 36 heavy (non-hydrogen) atoms. The zero-order valence-electron chi connectivity index (χ0n) is 21.0. The summed E-state index contributed by atoms with van der Waals surface area (Å²) in [6, 6.07) is 9.64. The van der Waals surface area contributed by atoms with E-state index in [4.69, 9.17) is 17.0 Å². The summed E-state index contributed by atoms with van der Waals surface area (Å²) in [5.74, 6) is 1.85. The summed E-state index contributed by atoms with van der Waals surface area (Å²) in [6.45, 7) is 8.36. The van der Waals surface area contributed by atoms with Gasteiger partial charge >= 0.3 is 0 Å². The number of nitriles is 1. The molecule has 2 aromatic rings. The third kappa shape index (κ3) is 4.93. The van der Waals surface area contributed by atoms with E-state index in [1.807, 2.05) is 37.3 Å². The van der Waals surface area contributed by atoms with Gasteiger partial charge in [-0.05, 0) is 61.9 Å². The van der Waals surface area contributed by atoms with Crippen molar-refractivity contribution in [2.75, 3.05) is 25.1 Å². The predicted octanol–water partition coefficient (Wildman–Crippen LogP) is 4.69. The van der Waals surface area contributed by atoms with E-state index in [9.17, 15) is 14.9 Å². The number of rotatable bonds is 6. The molecule has 1 unspecified atom stereocenters. The molecule has 7 nitrogen and oxygen atoms in total. The first-order valence-electron chi connectivity index (χ1n) is 12.1. The fourth-order valence-electron chi connectivity index (χ4n) is 4.84. The van der Waals surface area contributed by atoms with Gasteiger partial charge in [0.2, 0.25) is 0 Å². The summed E-state index contributed by atoms with van der Waals surface area (Å²) in [5.41, 5.74) is 2.12. The number of nitrogens with zero attached hydrogens (tertiary/aromatic N) is 4. The highest BCUT2D eigenvalue weighted by molar-refractivity contribution is 8.26. The molecule has 0 bridgehead atoms. The second-order valence-corrected chi connectivity index (χ2v) is 10.9. The predicted molar refractivity (Wildman–Crippen MR) is 148 cm³/mol. The first-order valence-corrected chi connectivity index (χ1v) is 13.3. The van der Waals surface area contributed by atoms with Gasteiger partial charge in [-0.1, -0.05) is 43.0 Å². The number of ether oxygens (including phenoxy) is 1. The average Bonchev–Trinajstić information content (AvgIpc) is 3.13. The lowest BCUT2D eigenvalue weighted by Crippen LogP contribution is -2.40. The van der Waals surface area contributed by atoms with Crippen molar-refractivity contribution in [3.05, 3.63) is 61.8 Å². The van der Waals surface area contributed by atoms with Gasteiger partial charge in [0, 0.05) is 25.2 Å². The van der Waals surface area contributed by atoms with E-state index >= 15 is 0 Å². The number of hydrogen-bond acceptors (Lipinski definition) is 7. The molecule has 0 radical (unpaired) electrons. The first kappa shape index (κ1) is 26.0. The molecule has 2 aliphatic heterocycles. The van der Waals surface area contributed by atoms with Gasteiger partial charge in [-0.2, -0.15) is 5.26 Å². The molecule has 2 saturated heterocycles. The number of benzene rings is 1. The zero-order chi connectivity index (χ0) is 26.0. The number of piperidine rings is 1. The second-order valence-electron chi connectivity index (χ2n) is 9.21. The lowest BCUT2D eigenvalue weighted by Gasteiger charge is -2.35. The summed E-state index contributed by atoms with van der Waals surface area (Å²) < 4.78 is 7.38. The number of carbonyl (C=O) groups is 1. The summed E-state index contributed by atoms with van der Waals surface area (Å²) in [4.78, 5) is 31.0. The van der Waals surface area contributed by atoms with Crippen LogP contribution in [-0.4, -0.2) is 39.9 Å². The minimum atomic E-state index is -0.282. The molecule has 0 aliphatic carbocycles. The molecular weight excluding hydrogens is 492 g/mol. The average molecular weight is 523 g/mol. The maximum Gasteiger partial charge on any atom is 0.270 e. The smallest absolute Gasteiger partial charge is 0.270 e. The van der Waals surface area contributed by atoms with Crippen LogP contribution in [0, 0.1) is 24.2 Å². The molecular formula is C27H30N4O3S2. The number of thioether (sulfide) groups is 1. The van der Waals surface area contributed by atoms with Crippen molar-refractivity contribution in [1.82, 2.24) is 9.47 Å². The number of carbonyl (C=O) groups excluding carboxylic acids is 1. The summed E-state index contributed by atoms with van der Waals surface area (Å²) in [5, 5.41) is 9.78. The molecule has 2 aliphatic rings. The minimum absolute atomic E-state index is 0.116. The second kappa shape index (κ2) is 10.9. The third-order valence-electron chi connectivity index (χ3n) is 6.77. The van der Waals surface area contributed by atoms with Crippen LogP contribution in [0.1, 0.15) is 48.9 Å². The van der Waals surface area contributed by atoms with Gasteiger partial charge in [-0.15, -0.1) is 0 Å². The molecule has 0 N–H and O–H groups in total. The fraction of sp³-hybridized carbons (Fsp3) is 0.407. The summed E-state index contributed by atoms with van der Waals surface area (Å²) in [7, 11) is 1.61. The lowest BCUT2D eigenvalue weighted by molar-refractivity contribution is -0.122. The Kier molecular flexibility index (Phi) is 7.86. The fourth-order valence-corrected chi connectivity index (χ4v) is 6.08.